The summed E-state index contributed by atoms with van der Waals surface area (Å²) in [6.07, 6.45) is 0.421. The largest absolute Gasteiger partial charge is 0.359 e. The van der Waals surface area contributed by atoms with Gasteiger partial charge >= 0.3 is 0 Å². The number of amides is 1. The van der Waals surface area contributed by atoms with Crippen molar-refractivity contribution < 1.29 is 4.79 Å². The van der Waals surface area contributed by atoms with Crippen molar-refractivity contribution in [1.82, 2.24) is 15.3 Å². The topological polar surface area (TPSA) is 66.9 Å². The fraction of sp³-hybridized carbons (Fsp3) is 0.583. The summed E-state index contributed by atoms with van der Waals surface area (Å²) >= 11 is 0. The molecule has 5 nitrogen and oxygen atoms in total. The Kier molecular flexibility index (Phi) is 4.87. The van der Waals surface area contributed by atoms with Gasteiger partial charge in [0.25, 0.3) is 0 Å². The van der Waals surface area contributed by atoms with Gasteiger partial charge in [0.2, 0.25) is 11.9 Å². The first-order valence-corrected chi connectivity index (χ1v) is 5.83. The van der Waals surface area contributed by atoms with E-state index in [-0.39, 0.29) is 5.91 Å². The van der Waals surface area contributed by atoms with Gasteiger partial charge in [-0.05, 0) is 18.9 Å². The molecule has 0 atom stereocenters. The molecule has 0 unspecified atom stereocenters. The van der Waals surface area contributed by atoms with Gasteiger partial charge in [0.1, 0.15) is 0 Å². The molecule has 1 amide bonds. The first-order chi connectivity index (χ1) is 8.02. The lowest BCUT2D eigenvalue weighted by molar-refractivity contribution is -0.120. The highest BCUT2D eigenvalue weighted by molar-refractivity contribution is 5.75. The van der Waals surface area contributed by atoms with Gasteiger partial charge in [-0.1, -0.05) is 13.8 Å². The Labute approximate surface area is 102 Å². The smallest absolute Gasteiger partial charge is 0.223 e. The van der Waals surface area contributed by atoms with E-state index < -0.39 is 0 Å². The number of hydrogen-bond acceptors (Lipinski definition) is 4. The second-order valence-electron chi connectivity index (χ2n) is 4.26. The number of nitrogens with zero attached hydrogens (tertiary/aromatic N) is 2. The normalized spacial score (nSPS) is 10.4. The molecule has 0 radical (unpaired) electrons. The van der Waals surface area contributed by atoms with E-state index in [1.165, 1.54) is 0 Å². The average molecular weight is 236 g/mol. The number of aromatic nitrogens is 2. The molecule has 0 fully saturated rings. The van der Waals surface area contributed by atoms with Gasteiger partial charge in [0, 0.05) is 31.4 Å². The second kappa shape index (κ2) is 6.18. The molecule has 1 aromatic rings. The van der Waals surface area contributed by atoms with Crippen LogP contribution >= 0.6 is 0 Å². The molecule has 0 saturated carbocycles. The highest BCUT2D eigenvalue weighted by Crippen LogP contribution is 2.14. The SMILES string of the molecule is CNC(=O)CCNc1nc(C)cc(C(C)C)n1. The molecule has 0 aromatic carbocycles. The van der Waals surface area contributed by atoms with E-state index in [4.69, 9.17) is 0 Å². The molecule has 0 aliphatic rings. The number of anilines is 1. The van der Waals surface area contributed by atoms with Crippen molar-refractivity contribution >= 4 is 11.9 Å². The van der Waals surface area contributed by atoms with Gasteiger partial charge in [0.15, 0.2) is 0 Å². The van der Waals surface area contributed by atoms with Gasteiger partial charge < -0.3 is 10.6 Å². The van der Waals surface area contributed by atoms with Crippen molar-refractivity contribution in [3.8, 4) is 0 Å². The summed E-state index contributed by atoms with van der Waals surface area (Å²) in [7, 11) is 1.63. The minimum absolute atomic E-state index is 0.00855. The third-order valence-electron chi connectivity index (χ3n) is 2.38. The minimum atomic E-state index is 0.00855. The molecule has 0 saturated heterocycles. The molecular weight excluding hydrogens is 216 g/mol. The molecule has 17 heavy (non-hydrogen) atoms. The summed E-state index contributed by atoms with van der Waals surface area (Å²) in [6, 6.07) is 1.98. The predicted octanol–water partition coefficient (Wildman–Crippen LogP) is 1.46. The van der Waals surface area contributed by atoms with Crippen molar-refractivity contribution in [2.75, 3.05) is 18.9 Å². The summed E-state index contributed by atoms with van der Waals surface area (Å²) < 4.78 is 0. The number of hydrogen-bond donors (Lipinski definition) is 2. The van der Waals surface area contributed by atoms with E-state index in [0.29, 0.717) is 24.8 Å². The van der Waals surface area contributed by atoms with E-state index >= 15 is 0 Å². The van der Waals surface area contributed by atoms with Crippen molar-refractivity contribution in [2.24, 2.45) is 0 Å². The standard InChI is InChI=1S/C12H20N4O/c1-8(2)10-7-9(3)15-12(16-10)14-6-5-11(17)13-4/h7-8H,5-6H2,1-4H3,(H,13,17)(H,14,15,16). The lowest BCUT2D eigenvalue weighted by Crippen LogP contribution is -2.21. The molecule has 94 valence electrons. The van der Waals surface area contributed by atoms with Crippen molar-refractivity contribution in [3.05, 3.63) is 17.5 Å². The molecule has 1 heterocycles. The van der Waals surface area contributed by atoms with Gasteiger partial charge in [0.05, 0.1) is 0 Å². The van der Waals surface area contributed by atoms with Crippen LogP contribution in [0, 0.1) is 6.92 Å². The van der Waals surface area contributed by atoms with Crippen molar-refractivity contribution in [1.29, 1.82) is 0 Å². The Morgan fingerprint density at radius 3 is 2.71 bits per heavy atom. The fourth-order valence-corrected chi connectivity index (χ4v) is 1.38. The van der Waals surface area contributed by atoms with Crippen molar-refractivity contribution in [2.45, 2.75) is 33.1 Å². The van der Waals surface area contributed by atoms with Crippen LogP contribution in [-0.2, 0) is 4.79 Å². The van der Waals surface area contributed by atoms with Crippen LogP contribution in [0.15, 0.2) is 6.07 Å². The van der Waals surface area contributed by atoms with Gasteiger partial charge in [-0.2, -0.15) is 0 Å². The number of aryl methyl sites for hydroxylation is 1. The Morgan fingerprint density at radius 1 is 1.41 bits per heavy atom. The summed E-state index contributed by atoms with van der Waals surface area (Å²) in [5, 5.41) is 5.64. The Balaban J connectivity index is 2.62. The molecule has 2 N–H and O–H groups in total. The first-order valence-electron chi connectivity index (χ1n) is 5.83. The van der Waals surface area contributed by atoms with Crippen LogP contribution < -0.4 is 10.6 Å². The zero-order valence-electron chi connectivity index (χ0n) is 10.9. The van der Waals surface area contributed by atoms with Crippen LogP contribution in [0.4, 0.5) is 5.95 Å². The number of nitrogens with one attached hydrogen (secondary N) is 2. The van der Waals surface area contributed by atoms with Gasteiger partial charge in [-0.3, -0.25) is 4.79 Å². The summed E-state index contributed by atoms with van der Waals surface area (Å²) in [5.74, 6) is 0.975. The second-order valence-corrected chi connectivity index (χ2v) is 4.26. The van der Waals surface area contributed by atoms with E-state index in [1.54, 1.807) is 7.05 Å². The molecule has 1 rings (SSSR count). The zero-order chi connectivity index (χ0) is 12.8. The monoisotopic (exact) mass is 236 g/mol. The summed E-state index contributed by atoms with van der Waals surface area (Å²) in [6.45, 7) is 6.67. The molecule has 0 bridgehead atoms. The number of rotatable bonds is 5. The van der Waals surface area contributed by atoms with Crippen LogP contribution in [0.5, 0.6) is 0 Å². The van der Waals surface area contributed by atoms with Gasteiger partial charge in [-0.15, -0.1) is 0 Å². The summed E-state index contributed by atoms with van der Waals surface area (Å²) in [5.41, 5.74) is 1.95. The molecule has 1 aromatic heterocycles. The fourth-order valence-electron chi connectivity index (χ4n) is 1.38. The molecule has 0 aliphatic carbocycles. The highest BCUT2D eigenvalue weighted by atomic mass is 16.1. The average Bonchev–Trinajstić information content (AvgIpc) is 2.28. The van der Waals surface area contributed by atoms with Crippen LogP contribution in [0.1, 0.15) is 37.6 Å². The first kappa shape index (κ1) is 13.4. The summed E-state index contributed by atoms with van der Waals surface area (Å²) in [4.78, 5) is 19.7. The van der Waals surface area contributed by atoms with E-state index in [9.17, 15) is 4.79 Å². The quantitative estimate of drug-likeness (QED) is 0.812. The maximum atomic E-state index is 11.1. The predicted molar refractivity (Wildman–Crippen MR) is 68.0 cm³/mol. The van der Waals surface area contributed by atoms with Crippen LogP contribution in [0.2, 0.25) is 0 Å². The van der Waals surface area contributed by atoms with E-state index in [2.05, 4.69) is 34.4 Å². The number of carbonyl (C=O) groups excluding carboxylic acids is 1. The molecule has 5 heteroatoms. The maximum absolute atomic E-state index is 11.1. The van der Waals surface area contributed by atoms with Crippen molar-refractivity contribution in [3.63, 3.8) is 0 Å². The lowest BCUT2D eigenvalue weighted by Gasteiger charge is -2.09. The Morgan fingerprint density at radius 2 is 2.12 bits per heavy atom. The van der Waals surface area contributed by atoms with Crippen LogP contribution in [-0.4, -0.2) is 29.5 Å². The highest BCUT2D eigenvalue weighted by Gasteiger charge is 2.05. The van der Waals surface area contributed by atoms with E-state index in [0.717, 1.165) is 11.4 Å². The van der Waals surface area contributed by atoms with Crippen LogP contribution in [0.25, 0.3) is 0 Å². The minimum Gasteiger partial charge on any atom is -0.359 e. The number of carbonyl (C=O) groups is 1. The third-order valence-corrected chi connectivity index (χ3v) is 2.38. The zero-order valence-corrected chi connectivity index (χ0v) is 10.9. The maximum Gasteiger partial charge on any atom is 0.223 e. The molecular formula is C12H20N4O. The molecule has 0 spiro atoms. The Bertz CT molecular complexity index is 390. The third kappa shape index (κ3) is 4.38. The van der Waals surface area contributed by atoms with Gasteiger partial charge in [-0.25, -0.2) is 9.97 Å². The Hall–Kier alpha value is -1.65. The molecule has 0 aliphatic heterocycles. The van der Waals surface area contributed by atoms with Crippen LogP contribution in [0.3, 0.4) is 0 Å². The lowest BCUT2D eigenvalue weighted by atomic mass is 10.1. The van der Waals surface area contributed by atoms with E-state index in [1.807, 2.05) is 13.0 Å².